The van der Waals surface area contributed by atoms with Gasteiger partial charge in [0, 0.05) is 24.0 Å². The summed E-state index contributed by atoms with van der Waals surface area (Å²) in [7, 11) is 0. The summed E-state index contributed by atoms with van der Waals surface area (Å²) in [6.07, 6.45) is 3.98. The Bertz CT molecular complexity index is 994. The summed E-state index contributed by atoms with van der Waals surface area (Å²) in [5, 5.41) is 7.20. The Kier molecular flexibility index (Phi) is 3.81. The zero-order valence-corrected chi connectivity index (χ0v) is 12.9. The van der Waals surface area contributed by atoms with Gasteiger partial charge in [0.25, 0.3) is 5.78 Å². The lowest BCUT2D eigenvalue weighted by molar-refractivity contribution is 0.0673. The van der Waals surface area contributed by atoms with Gasteiger partial charge in [0.05, 0.1) is 12.2 Å². The molecule has 0 aliphatic rings. The molecule has 3 aromatic heterocycles. The Morgan fingerprint density at radius 2 is 1.96 bits per heavy atom. The molecule has 0 saturated carbocycles. The third kappa shape index (κ3) is 2.91. The van der Waals surface area contributed by atoms with Crippen molar-refractivity contribution in [2.24, 2.45) is 0 Å². The molecule has 9 heteroatoms. The van der Waals surface area contributed by atoms with E-state index in [2.05, 4.69) is 25.4 Å². The Morgan fingerprint density at radius 1 is 1.12 bits per heavy atom. The van der Waals surface area contributed by atoms with Crippen LogP contribution in [0.25, 0.3) is 17.0 Å². The molecule has 4 rings (SSSR count). The van der Waals surface area contributed by atoms with Crippen LogP contribution in [0.5, 0.6) is 0 Å². The van der Waals surface area contributed by atoms with Crippen LogP contribution >= 0.6 is 0 Å². The maximum atomic E-state index is 12.9. The number of nitrogens with one attached hydrogen (secondary N) is 1. The minimum absolute atomic E-state index is 0.116. The maximum absolute atomic E-state index is 12.9. The lowest BCUT2D eigenvalue weighted by atomic mass is 10.1. The number of anilines is 1. The van der Waals surface area contributed by atoms with Gasteiger partial charge in [-0.15, -0.1) is 0 Å². The Hall–Kier alpha value is -3.36. The van der Waals surface area contributed by atoms with Crippen molar-refractivity contribution in [3.63, 3.8) is 0 Å². The summed E-state index contributed by atoms with van der Waals surface area (Å²) in [4.78, 5) is 12.5. The topological polar surface area (TPSA) is 72.9 Å². The van der Waals surface area contributed by atoms with Gasteiger partial charge in [0.2, 0.25) is 0 Å². The van der Waals surface area contributed by atoms with Gasteiger partial charge in [-0.25, -0.2) is 9.97 Å². The summed E-state index contributed by atoms with van der Waals surface area (Å²) in [5.41, 5.74) is 1.63. The van der Waals surface area contributed by atoms with Gasteiger partial charge in [-0.3, -0.25) is 4.57 Å². The molecule has 3 heterocycles. The predicted molar refractivity (Wildman–Crippen MR) is 87.0 cm³/mol. The molecule has 0 aliphatic carbocycles. The normalized spacial score (nSPS) is 11.3. The zero-order valence-electron chi connectivity index (χ0n) is 12.9. The predicted octanol–water partition coefficient (Wildman–Crippen LogP) is 3.00. The second-order valence-electron chi connectivity index (χ2n) is 5.25. The number of hydrogen-bond donors (Lipinski definition) is 1. The lowest BCUT2D eigenvalue weighted by Crippen LogP contribution is -2.12. The van der Waals surface area contributed by atoms with E-state index in [0.717, 1.165) is 10.1 Å². The first kappa shape index (κ1) is 15.2. The standard InChI is InChI=1S/C16H13F2N7/c17-15(18)24-7-6-19-14(24)9-20-13-8-12(11-4-2-1-3-5-11)23-16-21-10-22-25(13)16/h1-8,10,15,20H,9H2. The molecule has 0 saturated heterocycles. The zero-order chi connectivity index (χ0) is 17.2. The second-order valence-corrected chi connectivity index (χ2v) is 5.25. The van der Waals surface area contributed by atoms with E-state index < -0.39 is 6.55 Å². The van der Waals surface area contributed by atoms with E-state index in [9.17, 15) is 8.78 Å². The minimum atomic E-state index is -2.64. The highest BCUT2D eigenvalue weighted by molar-refractivity contribution is 5.65. The van der Waals surface area contributed by atoms with E-state index in [1.54, 1.807) is 6.07 Å². The number of rotatable bonds is 5. The van der Waals surface area contributed by atoms with Gasteiger partial charge in [0.15, 0.2) is 0 Å². The highest BCUT2D eigenvalue weighted by Gasteiger charge is 2.13. The van der Waals surface area contributed by atoms with E-state index in [1.165, 1.54) is 23.2 Å². The van der Waals surface area contributed by atoms with Crippen molar-refractivity contribution in [1.29, 1.82) is 0 Å². The van der Waals surface area contributed by atoms with E-state index >= 15 is 0 Å². The number of nitrogens with zero attached hydrogens (tertiary/aromatic N) is 6. The first-order chi connectivity index (χ1) is 12.2. The second kappa shape index (κ2) is 6.27. The van der Waals surface area contributed by atoms with Crippen molar-refractivity contribution in [1.82, 2.24) is 29.1 Å². The number of halogens is 2. The molecule has 126 valence electrons. The average molecular weight is 341 g/mol. The molecule has 25 heavy (non-hydrogen) atoms. The van der Waals surface area contributed by atoms with E-state index in [1.807, 2.05) is 30.3 Å². The van der Waals surface area contributed by atoms with Crippen molar-refractivity contribution >= 4 is 11.6 Å². The maximum Gasteiger partial charge on any atom is 0.319 e. The van der Waals surface area contributed by atoms with Crippen LogP contribution in [-0.2, 0) is 6.54 Å². The van der Waals surface area contributed by atoms with Crippen molar-refractivity contribution in [2.75, 3.05) is 5.32 Å². The molecular formula is C16H13F2N7. The molecule has 7 nitrogen and oxygen atoms in total. The van der Waals surface area contributed by atoms with Crippen LogP contribution in [0.2, 0.25) is 0 Å². The molecule has 0 fully saturated rings. The van der Waals surface area contributed by atoms with Crippen molar-refractivity contribution in [3.05, 3.63) is 60.9 Å². The van der Waals surface area contributed by atoms with Gasteiger partial charge >= 0.3 is 6.55 Å². The van der Waals surface area contributed by atoms with E-state index in [4.69, 9.17) is 0 Å². The van der Waals surface area contributed by atoms with Crippen LogP contribution in [0, 0.1) is 0 Å². The van der Waals surface area contributed by atoms with Gasteiger partial charge in [-0.1, -0.05) is 30.3 Å². The van der Waals surface area contributed by atoms with E-state index in [-0.39, 0.29) is 12.4 Å². The third-order valence-corrected chi connectivity index (χ3v) is 3.71. The molecule has 0 radical (unpaired) electrons. The molecular weight excluding hydrogens is 328 g/mol. The highest BCUT2D eigenvalue weighted by Crippen LogP contribution is 2.22. The Balaban J connectivity index is 1.69. The van der Waals surface area contributed by atoms with Crippen LogP contribution < -0.4 is 5.32 Å². The number of alkyl halides is 2. The molecule has 0 amide bonds. The summed E-state index contributed by atoms with van der Waals surface area (Å²) in [6, 6.07) is 11.4. The van der Waals surface area contributed by atoms with Crippen LogP contribution in [0.15, 0.2) is 55.1 Å². The van der Waals surface area contributed by atoms with Crippen molar-refractivity contribution in [2.45, 2.75) is 13.1 Å². The number of imidazole rings is 1. The molecule has 4 aromatic rings. The third-order valence-electron chi connectivity index (χ3n) is 3.71. The molecule has 1 N–H and O–H groups in total. The number of aromatic nitrogens is 6. The van der Waals surface area contributed by atoms with Crippen LogP contribution in [-0.4, -0.2) is 29.1 Å². The average Bonchev–Trinajstić information content (AvgIpc) is 3.29. The fourth-order valence-electron chi connectivity index (χ4n) is 2.52. The number of benzene rings is 1. The highest BCUT2D eigenvalue weighted by atomic mass is 19.3. The largest absolute Gasteiger partial charge is 0.363 e. The molecule has 0 aliphatic heterocycles. The quantitative estimate of drug-likeness (QED) is 0.604. The summed E-state index contributed by atoms with van der Waals surface area (Å²) in [6.45, 7) is -2.52. The Morgan fingerprint density at radius 3 is 2.76 bits per heavy atom. The summed E-state index contributed by atoms with van der Waals surface area (Å²) >= 11 is 0. The first-order valence-corrected chi connectivity index (χ1v) is 7.52. The van der Waals surface area contributed by atoms with Crippen LogP contribution in [0.1, 0.15) is 12.4 Å². The SMILES string of the molecule is FC(F)n1ccnc1CNc1cc(-c2ccccc2)nc2ncnn12. The minimum Gasteiger partial charge on any atom is -0.363 e. The molecule has 0 bridgehead atoms. The van der Waals surface area contributed by atoms with Crippen molar-refractivity contribution < 1.29 is 8.78 Å². The van der Waals surface area contributed by atoms with Crippen LogP contribution in [0.3, 0.4) is 0 Å². The smallest absolute Gasteiger partial charge is 0.319 e. The monoisotopic (exact) mass is 341 g/mol. The van der Waals surface area contributed by atoms with Crippen LogP contribution in [0.4, 0.5) is 14.6 Å². The molecule has 0 spiro atoms. The lowest BCUT2D eigenvalue weighted by Gasteiger charge is -2.11. The van der Waals surface area contributed by atoms with Gasteiger partial charge < -0.3 is 5.32 Å². The number of hydrogen-bond acceptors (Lipinski definition) is 5. The summed E-state index contributed by atoms with van der Waals surface area (Å²) in [5.74, 6) is 1.23. The number of fused-ring (bicyclic) bond motifs is 1. The van der Waals surface area contributed by atoms with Gasteiger partial charge in [-0.2, -0.15) is 23.4 Å². The molecule has 0 atom stereocenters. The summed E-state index contributed by atoms with van der Waals surface area (Å²) < 4.78 is 28.2. The van der Waals surface area contributed by atoms with Gasteiger partial charge in [-0.05, 0) is 0 Å². The van der Waals surface area contributed by atoms with Gasteiger partial charge in [0.1, 0.15) is 18.0 Å². The Labute approximate surface area is 141 Å². The first-order valence-electron chi connectivity index (χ1n) is 7.52. The van der Waals surface area contributed by atoms with Crippen molar-refractivity contribution in [3.8, 4) is 11.3 Å². The fourth-order valence-corrected chi connectivity index (χ4v) is 2.52. The fraction of sp³-hybridized carbons (Fsp3) is 0.125. The van der Waals surface area contributed by atoms with E-state index in [0.29, 0.717) is 17.3 Å². The molecule has 1 aromatic carbocycles. The molecule has 0 unspecified atom stereocenters.